The highest BCUT2D eigenvalue weighted by Crippen LogP contribution is 2.44. The van der Waals surface area contributed by atoms with Crippen LogP contribution in [0.4, 0.5) is 0 Å². The summed E-state index contributed by atoms with van der Waals surface area (Å²) in [6.45, 7) is 12.1. The van der Waals surface area contributed by atoms with E-state index in [2.05, 4.69) is 6.58 Å². The van der Waals surface area contributed by atoms with Crippen molar-refractivity contribution >= 4 is 0 Å². The van der Waals surface area contributed by atoms with E-state index < -0.39 is 17.9 Å². The van der Waals surface area contributed by atoms with Crippen molar-refractivity contribution in [2.75, 3.05) is 13.2 Å². The van der Waals surface area contributed by atoms with Gasteiger partial charge in [0.25, 0.3) is 0 Å². The minimum absolute atomic E-state index is 0.223. The molecule has 3 rings (SSSR count). The third kappa shape index (κ3) is 3.02. The molecule has 0 aromatic heterocycles. The van der Waals surface area contributed by atoms with Gasteiger partial charge in [0.1, 0.15) is 24.4 Å². The SMILES string of the molecule is C=CCOC[C@H]1OC(C)(C)O[C@@H]2[C@H]3OC(C)(C)O[C@H]3O[C@@H]21. The van der Waals surface area contributed by atoms with Crippen LogP contribution in [0.5, 0.6) is 0 Å². The topological polar surface area (TPSA) is 55.4 Å². The molecule has 0 aliphatic carbocycles. The number of fused-ring (bicyclic) bond motifs is 3. The zero-order valence-corrected chi connectivity index (χ0v) is 13.0. The predicted octanol–water partition coefficient (Wildman–Crippen LogP) is 1.59. The number of hydrogen-bond acceptors (Lipinski definition) is 6. The lowest BCUT2D eigenvalue weighted by atomic mass is 10.0. The molecule has 0 spiro atoms. The highest BCUT2D eigenvalue weighted by Gasteiger charge is 2.61. The summed E-state index contributed by atoms with van der Waals surface area (Å²) in [5, 5.41) is 0. The quantitative estimate of drug-likeness (QED) is 0.580. The average molecular weight is 300 g/mol. The number of rotatable bonds is 4. The van der Waals surface area contributed by atoms with E-state index in [-0.39, 0.29) is 24.4 Å². The molecule has 3 saturated heterocycles. The zero-order chi connectivity index (χ0) is 15.3. The van der Waals surface area contributed by atoms with Crippen LogP contribution in [-0.2, 0) is 28.4 Å². The summed E-state index contributed by atoms with van der Waals surface area (Å²) >= 11 is 0. The van der Waals surface area contributed by atoms with Crippen molar-refractivity contribution in [3.63, 3.8) is 0 Å². The van der Waals surface area contributed by atoms with Gasteiger partial charge in [-0.3, -0.25) is 0 Å². The monoisotopic (exact) mass is 300 g/mol. The Balaban J connectivity index is 1.73. The van der Waals surface area contributed by atoms with Crippen LogP contribution >= 0.6 is 0 Å². The largest absolute Gasteiger partial charge is 0.375 e. The Morgan fingerprint density at radius 1 is 0.952 bits per heavy atom. The zero-order valence-electron chi connectivity index (χ0n) is 13.0. The van der Waals surface area contributed by atoms with Crippen molar-refractivity contribution in [3.8, 4) is 0 Å². The molecule has 0 saturated carbocycles. The summed E-state index contributed by atoms with van der Waals surface area (Å²) in [7, 11) is 0. The van der Waals surface area contributed by atoms with E-state index in [0.717, 1.165) is 0 Å². The van der Waals surface area contributed by atoms with Crippen LogP contribution in [0.2, 0.25) is 0 Å². The van der Waals surface area contributed by atoms with Crippen LogP contribution < -0.4 is 0 Å². The Labute approximate surface area is 125 Å². The van der Waals surface area contributed by atoms with Gasteiger partial charge < -0.3 is 28.4 Å². The van der Waals surface area contributed by atoms with E-state index in [1.165, 1.54) is 0 Å². The van der Waals surface area contributed by atoms with Gasteiger partial charge >= 0.3 is 0 Å². The van der Waals surface area contributed by atoms with Crippen molar-refractivity contribution in [1.29, 1.82) is 0 Å². The molecular weight excluding hydrogens is 276 g/mol. The minimum Gasteiger partial charge on any atom is -0.375 e. The highest BCUT2D eigenvalue weighted by molar-refractivity contribution is 5.00. The summed E-state index contributed by atoms with van der Waals surface area (Å²) in [6, 6.07) is 0. The van der Waals surface area contributed by atoms with Gasteiger partial charge in [-0.05, 0) is 27.7 Å². The Morgan fingerprint density at radius 2 is 1.62 bits per heavy atom. The first kappa shape index (κ1) is 15.4. The maximum Gasteiger partial charge on any atom is 0.190 e. The van der Waals surface area contributed by atoms with Gasteiger partial charge in [0.2, 0.25) is 0 Å². The molecule has 3 aliphatic heterocycles. The van der Waals surface area contributed by atoms with Crippen molar-refractivity contribution in [3.05, 3.63) is 12.7 Å². The van der Waals surface area contributed by atoms with Gasteiger partial charge in [-0.1, -0.05) is 6.08 Å². The maximum atomic E-state index is 6.01. The fourth-order valence-electron chi connectivity index (χ4n) is 3.12. The van der Waals surface area contributed by atoms with Crippen molar-refractivity contribution in [2.45, 2.75) is 70.0 Å². The molecule has 6 heteroatoms. The molecule has 6 nitrogen and oxygen atoms in total. The maximum absolute atomic E-state index is 6.01. The van der Waals surface area contributed by atoms with Crippen LogP contribution in [0.1, 0.15) is 27.7 Å². The molecule has 120 valence electrons. The molecule has 5 atom stereocenters. The van der Waals surface area contributed by atoms with Crippen LogP contribution in [0.3, 0.4) is 0 Å². The Morgan fingerprint density at radius 3 is 2.33 bits per heavy atom. The summed E-state index contributed by atoms with van der Waals surface area (Å²) in [5.74, 6) is -1.36. The summed E-state index contributed by atoms with van der Waals surface area (Å²) in [5.41, 5.74) is 0. The fraction of sp³-hybridized carbons (Fsp3) is 0.867. The lowest BCUT2D eigenvalue weighted by Crippen LogP contribution is -2.57. The van der Waals surface area contributed by atoms with Gasteiger partial charge in [0.15, 0.2) is 17.9 Å². The van der Waals surface area contributed by atoms with E-state index in [4.69, 9.17) is 28.4 Å². The fourth-order valence-corrected chi connectivity index (χ4v) is 3.12. The molecule has 3 heterocycles. The molecule has 0 bridgehead atoms. The summed E-state index contributed by atoms with van der Waals surface area (Å²) < 4.78 is 35.1. The first-order valence-electron chi connectivity index (χ1n) is 7.37. The van der Waals surface area contributed by atoms with E-state index >= 15 is 0 Å². The lowest BCUT2D eigenvalue weighted by molar-refractivity contribution is -0.348. The van der Waals surface area contributed by atoms with E-state index in [1.807, 2.05) is 27.7 Å². The van der Waals surface area contributed by atoms with Crippen LogP contribution in [0, 0.1) is 0 Å². The molecular formula is C15H24O6. The smallest absolute Gasteiger partial charge is 0.190 e. The minimum atomic E-state index is -0.711. The second kappa shape index (κ2) is 5.30. The number of hydrogen-bond donors (Lipinski definition) is 0. The van der Waals surface area contributed by atoms with Gasteiger partial charge in [-0.2, -0.15) is 0 Å². The lowest BCUT2D eigenvalue weighted by Gasteiger charge is -2.43. The van der Waals surface area contributed by atoms with Crippen LogP contribution in [-0.4, -0.2) is 55.5 Å². The summed E-state index contributed by atoms with van der Waals surface area (Å²) in [4.78, 5) is 0. The molecule has 0 N–H and O–H groups in total. The Kier molecular flexibility index (Phi) is 3.88. The highest BCUT2D eigenvalue weighted by atomic mass is 16.9. The molecule has 0 aromatic rings. The van der Waals surface area contributed by atoms with E-state index in [1.54, 1.807) is 6.08 Å². The van der Waals surface area contributed by atoms with Crippen LogP contribution in [0.25, 0.3) is 0 Å². The average Bonchev–Trinajstić information content (AvgIpc) is 2.82. The molecule has 0 aromatic carbocycles. The first-order valence-corrected chi connectivity index (χ1v) is 7.37. The second-order valence-corrected chi connectivity index (χ2v) is 6.53. The Bertz CT molecular complexity index is 407. The van der Waals surface area contributed by atoms with Crippen molar-refractivity contribution in [1.82, 2.24) is 0 Å². The van der Waals surface area contributed by atoms with E-state index in [0.29, 0.717) is 13.2 Å². The predicted molar refractivity (Wildman–Crippen MR) is 73.5 cm³/mol. The molecule has 3 fully saturated rings. The third-order valence-corrected chi connectivity index (χ3v) is 3.77. The molecule has 0 amide bonds. The van der Waals surface area contributed by atoms with Crippen molar-refractivity contribution < 1.29 is 28.4 Å². The van der Waals surface area contributed by atoms with Crippen LogP contribution in [0.15, 0.2) is 12.7 Å². The summed E-state index contributed by atoms with van der Waals surface area (Å²) in [6.07, 6.45) is 0.344. The Hall–Kier alpha value is -0.500. The molecule has 21 heavy (non-hydrogen) atoms. The van der Waals surface area contributed by atoms with Gasteiger partial charge in [0, 0.05) is 0 Å². The third-order valence-electron chi connectivity index (χ3n) is 3.77. The van der Waals surface area contributed by atoms with Crippen molar-refractivity contribution in [2.24, 2.45) is 0 Å². The van der Waals surface area contributed by atoms with Gasteiger partial charge in [0.05, 0.1) is 13.2 Å². The first-order chi connectivity index (χ1) is 9.81. The van der Waals surface area contributed by atoms with Gasteiger partial charge in [-0.15, -0.1) is 6.58 Å². The standard InChI is InChI=1S/C15H24O6/c1-6-7-16-8-9-10-11(19-14(2,3)18-9)12-13(17-10)21-15(4,5)20-12/h6,9-13H,1,7-8H2,2-5H3/t9-,10-,11+,12-,13-/m1/s1. The molecule has 0 unspecified atom stereocenters. The molecule has 3 aliphatic rings. The molecule has 0 radical (unpaired) electrons. The van der Waals surface area contributed by atoms with E-state index in [9.17, 15) is 0 Å². The second-order valence-electron chi connectivity index (χ2n) is 6.53. The van der Waals surface area contributed by atoms with Gasteiger partial charge in [-0.25, -0.2) is 0 Å². The normalized spacial score (nSPS) is 43.3. The number of ether oxygens (including phenoxy) is 6.